The summed E-state index contributed by atoms with van der Waals surface area (Å²) in [7, 11) is 0. The minimum Gasteiger partial charge on any atom is -0.494 e. The summed E-state index contributed by atoms with van der Waals surface area (Å²) in [6.07, 6.45) is 0. The summed E-state index contributed by atoms with van der Waals surface area (Å²) in [5.74, 6) is 0.723. The van der Waals surface area contributed by atoms with E-state index < -0.39 is 0 Å². The molecule has 0 fully saturated rings. The minimum absolute atomic E-state index is 0.0165. The summed E-state index contributed by atoms with van der Waals surface area (Å²) in [6, 6.07) is 8.47. The van der Waals surface area contributed by atoms with E-state index in [2.05, 4.69) is 9.97 Å². The fourth-order valence-corrected chi connectivity index (χ4v) is 2.88. The number of aromatic amines is 1. The molecule has 1 aromatic carbocycles. The number of thioether (sulfide) groups is 1. The predicted molar refractivity (Wildman–Crippen MR) is 86.9 cm³/mol. The summed E-state index contributed by atoms with van der Waals surface area (Å²) < 4.78 is 5.36. The van der Waals surface area contributed by atoms with Gasteiger partial charge in [0.2, 0.25) is 0 Å². The molecule has 116 valence electrons. The number of rotatable bonds is 6. The fourth-order valence-electron chi connectivity index (χ4n) is 1.95. The molecular weight excluding hydrogens is 300 g/mol. The average Bonchev–Trinajstić information content (AvgIpc) is 2.46. The molecule has 0 saturated heterocycles. The Balaban J connectivity index is 2.09. The zero-order valence-electron chi connectivity index (χ0n) is 12.8. The smallest absolute Gasteiger partial charge is 0.251 e. The summed E-state index contributed by atoms with van der Waals surface area (Å²) in [4.78, 5) is 30.7. The summed E-state index contributed by atoms with van der Waals surface area (Å²) in [6.45, 7) is 6.05. The lowest BCUT2D eigenvalue weighted by Crippen LogP contribution is -2.16. The molecule has 0 unspecified atom stereocenters. The van der Waals surface area contributed by atoms with Gasteiger partial charge in [-0.15, -0.1) is 0 Å². The van der Waals surface area contributed by atoms with Crippen molar-refractivity contribution >= 4 is 17.5 Å². The van der Waals surface area contributed by atoms with Crippen molar-refractivity contribution in [1.29, 1.82) is 0 Å². The van der Waals surface area contributed by atoms with Gasteiger partial charge >= 0.3 is 0 Å². The monoisotopic (exact) mass is 318 g/mol. The highest BCUT2D eigenvalue weighted by Gasteiger charge is 2.18. The normalized spacial score (nSPS) is 12.0. The Hall–Kier alpha value is -2.08. The number of hydrogen-bond acceptors (Lipinski definition) is 5. The molecule has 0 radical (unpaired) electrons. The van der Waals surface area contributed by atoms with Crippen LogP contribution in [0.25, 0.3) is 0 Å². The van der Waals surface area contributed by atoms with Crippen LogP contribution in [0.2, 0.25) is 0 Å². The van der Waals surface area contributed by atoms with Gasteiger partial charge in [0.05, 0.1) is 11.9 Å². The molecule has 0 bridgehead atoms. The molecule has 0 aliphatic rings. The highest BCUT2D eigenvalue weighted by Crippen LogP contribution is 2.23. The molecule has 6 heteroatoms. The lowest BCUT2D eigenvalue weighted by atomic mass is 10.1. The van der Waals surface area contributed by atoms with Crippen LogP contribution in [0.5, 0.6) is 5.75 Å². The number of carbonyl (C=O) groups is 1. The van der Waals surface area contributed by atoms with Gasteiger partial charge in [0.15, 0.2) is 10.9 Å². The maximum Gasteiger partial charge on any atom is 0.251 e. The first-order chi connectivity index (χ1) is 10.5. The number of H-pyrrole nitrogens is 1. The van der Waals surface area contributed by atoms with Crippen LogP contribution in [0, 0.1) is 6.92 Å². The van der Waals surface area contributed by atoms with Gasteiger partial charge in [0.1, 0.15) is 5.75 Å². The van der Waals surface area contributed by atoms with E-state index in [9.17, 15) is 9.59 Å². The molecule has 0 amide bonds. The molecule has 22 heavy (non-hydrogen) atoms. The molecule has 0 aliphatic carbocycles. The first-order valence-corrected chi connectivity index (χ1v) is 7.89. The van der Waals surface area contributed by atoms with Crippen LogP contribution in [0.3, 0.4) is 0 Å². The van der Waals surface area contributed by atoms with E-state index in [-0.39, 0.29) is 16.6 Å². The molecule has 0 aliphatic heterocycles. The van der Waals surface area contributed by atoms with Crippen LogP contribution in [0.4, 0.5) is 0 Å². The third-order valence-corrected chi connectivity index (χ3v) is 3.94. The lowest BCUT2D eigenvalue weighted by molar-refractivity contribution is 0.0994. The Morgan fingerprint density at radius 3 is 2.64 bits per heavy atom. The van der Waals surface area contributed by atoms with E-state index in [4.69, 9.17) is 4.74 Å². The highest BCUT2D eigenvalue weighted by molar-refractivity contribution is 8.00. The molecular formula is C16H18N2O3S. The number of ketones is 1. The van der Waals surface area contributed by atoms with Gasteiger partial charge in [-0.25, -0.2) is 4.98 Å². The number of carbonyl (C=O) groups excluding carboxylic acids is 1. The molecule has 0 saturated carbocycles. The number of Topliss-reactive ketones (excluding diaryl/α,β-unsaturated/α-hetero) is 1. The minimum atomic E-state index is -0.345. The second-order valence-electron chi connectivity index (χ2n) is 4.77. The van der Waals surface area contributed by atoms with Gasteiger partial charge in [-0.2, -0.15) is 0 Å². The first-order valence-electron chi connectivity index (χ1n) is 7.01. The molecule has 5 nitrogen and oxygen atoms in total. The Bertz CT molecular complexity index is 710. The van der Waals surface area contributed by atoms with Crippen molar-refractivity contribution in [1.82, 2.24) is 9.97 Å². The zero-order chi connectivity index (χ0) is 16.1. The van der Waals surface area contributed by atoms with E-state index in [1.165, 1.54) is 17.8 Å². The SMILES string of the molecule is CCOc1ccc(C(=O)[C@H](C)Sc2nc(C)cc(=O)[nH]2)cc1. The van der Waals surface area contributed by atoms with Gasteiger partial charge in [0, 0.05) is 17.3 Å². The summed E-state index contributed by atoms with van der Waals surface area (Å²) in [5.41, 5.74) is 1.03. The van der Waals surface area contributed by atoms with Crippen molar-refractivity contribution in [2.45, 2.75) is 31.2 Å². The molecule has 0 spiro atoms. The van der Waals surface area contributed by atoms with Crippen LogP contribution in [-0.2, 0) is 0 Å². The van der Waals surface area contributed by atoms with E-state index in [1.54, 1.807) is 38.1 Å². The van der Waals surface area contributed by atoms with Crippen LogP contribution in [0.1, 0.15) is 29.9 Å². The summed E-state index contributed by atoms with van der Waals surface area (Å²) in [5, 5.41) is 0.111. The molecule has 1 aromatic heterocycles. The molecule has 1 N–H and O–H groups in total. The number of benzene rings is 1. The number of nitrogens with one attached hydrogen (secondary N) is 1. The van der Waals surface area contributed by atoms with Crippen molar-refractivity contribution in [3.8, 4) is 5.75 Å². The number of hydrogen-bond donors (Lipinski definition) is 1. The van der Waals surface area contributed by atoms with Gasteiger partial charge in [-0.1, -0.05) is 11.8 Å². The fraction of sp³-hybridized carbons (Fsp3) is 0.312. The zero-order valence-corrected chi connectivity index (χ0v) is 13.6. The van der Waals surface area contributed by atoms with Gasteiger partial charge < -0.3 is 9.72 Å². The third kappa shape index (κ3) is 4.21. The van der Waals surface area contributed by atoms with E-state index >= 15 is 0 Å². The standard InChI is InChI=1S/C16H18N2O3S/c1-4-21-13-7-5-12(6-8-13)15(20)11(3)22-16-17-10(2)9-14(19)18-16/h5-9,11H,4H2,1-3H3,(H,17,18,19)/t11-/m0/s1. The van der Waals surface area contributed by atoms with Crippen LogP contribution >= 0.6 is 11.8 Å². The Morgan fingerprint density at radius 1 is 1.36 bits per heavy atom. The van der Waals surface area contributed by atoms with Crippen LogP contribution in [0.15, 0.2) is 40.3 Å². The largest absolute Gasteiger partial charge is 0.494 e. The van der Waals surface area contributed by atoms with Crippen molar-refractivity contribution in [2.24, 2.45) is 0 Å². The predicted octanol–water partition coefficient (Wildman–Crippen LogP) is 2.84. The first kappa shape index (κ1) is 16.3. The number of nitrogens with zero attached hydrogens (tertiary/aromatic N) is 1. The maximum atomic E-state index is 12.4. The second kappa shape index (κ2) is 7.26. The Kier molecular flexibility index (Phi) is 5.38. The number of ether oxygens (including phenoxy) is 1. The highest BCUT2D eigenvalue weighted by atomic mass is 32.2. The Labute approximate surface area is 133 Å². The van der Waals surface area contributed by atoms with Crippen molar-refractivity contribution < 1.29 is 9.53 Å². The molecule has 1 heterocycles. The molecule has 1 atom stereocenters. The van der Waals surface area contributed by atoms with E-state index in [0.29, 0.717) is 23.0 Å². The number of aromatic nitrogens is 2. The molecule has 2 rings (SSSR count). The van der Waals surface area contributed by atoms with Crippen molar-refractivity contribution in [3.05, 3.63) is 51.9 Å². The molecule has 2 aromatic rings. The van der Waals surface area contributed by atoms with Gasteiger partial charge in [-0.05, 0) is 45.0 Å². The van der Waals surface area contributed by atoms with E-state index in [1.807, 2.05) is 6.92 Å². The van der Waals surface area contributed by atoms with Crippen LogP contribution in [-0.4, -0.2) is 27.6 Å². The summed E-state index contributed by atoms with van der Waals surface area (Å²) >= 11 is 1.24. The van der Waals surface area contributed by atoms with Crippen LogP contribution < -0.4 is 10.3 Å². The van der Waals surface area contributed by atoms with Gasteiger partial charge in [0.25, 0.3) is 5.56 Å². The third-order valence-electron chi connectivity index (χ3n) is 2.96. The maximum absolute atomic E-state index is 12.4. The quantitative estimate of drug-likeness (QED) is 0.504. The topological polar surface area (TPSA) is 72.0 Å². The van der Waals surface area contributed by atoms with Gasteiger partial charge in [-0.3, -0.25) is 9.59 Å². The lowest BCUT2D eigenvalue weighted by Gasteiger charge is -2.10. The van der Waals surface area contributed by atoms with Crippen molar-refractivity contribution in [3.63, 3.8) is 0 Å². The average molecular weight is 318 g/mol. The van der Waals surface area contributed by atoms with Crippen molar-refractivity contribution in [2.75, 3.05) is 6.61 Å². The number of aryl methyl sites for hydroxylation is 1. The van der Waals surface area contributed by atoms with E-state index in [0.717, 1.165) is 5.75 Å². The Morgan fingerprint density at radius 2 is 2.05 bits per heavy atom. The second-order valence-corrected chi connectivity index (χ2v) is 6.10.